The van der Waals surface area contributed by atoms with Crippen molar-refractivity contribution in [2.45, 2.75) is 6.92 Å². The quantitative estimate of drug-likeness (QED) is 0.822. The normalized spacial score (nSPS) is 9.95. The number of carboxylic acid groups (broad SMARTS) is 1. The van der Waals surface area contributed by atoms with Crippen LogP contribution < -0.4 is 5.32 Å². The molecular weight excluding hydrogens is 242 g/mol. The van der Waals surface area contributed by atoms with Crippen molar-refractivity contribution in [3.05, 3.63) is 59.7 Å². The largest absolute Gasteiger partial charge is 0.478 e. The molecule has 0 radical (unpaired) electrons. The van der Waals surface area contributed by atoms with Crippen LogP contribution in [0.5, 0.6) is 0 Å². The number of hydrogen-bond donors (Lipinski definition) is 2. The highest BCUT2D eigenvalue weighted by Gasteiger charge is 2.18. The van der Waals surface area contributed by atoms with Gasteiger partial charge in [-0.2, -0.15) is 0 Å². The maximum Gasteiger partial charge on any atom is 0.338 e. The van der Waals surface area contributed by atoms with Crippen LogP contribution in [0.3, 0.4) is 0 Å². The fourth-order valence-corrected chi connectivity index (χ4v) is 1.86. The summed E-state index contributed by atoms with van der Waals surface area (Å²) in [6.45, 7) is 1.36. The number of Topliss-reactive ketones (excluding diaryl/α,β-unsaturated/α-hetero) is 1. The Morgan fingerprint density at radius 3 is 2.26 bits per heavy atom. The summed E-state index contributed by atoms with van der Waals surface area (Å²) in [7, 11) is 0. The van der Waals surface area contributed by atoms with Crippen molar-refractivity contribution in [3.63, 3.8) is 0 Å². The average molecular weight is 255 g/mol. The monoisotopic (exact) mass is 255 g/mol. The van der Waals surface area contributed by atoms with Crippen molar-refractivity contribution in [2.75, 3.05) is 5.32 Å². The van der Waals surface area contributed by atoms with Gasteiger partial charge in [0.05, 0.1) is 11.3 Å². The van der Waals surface area contributed by atoms with Crippen molar-refractivity contribution >= 4 is 23.1 Å². The number of aromatic carboxylic acids is 1. The second-order valence-corrected chi connectivity index (χ2v) is 4.08. The number of nitrogens with one attached hydrogen (secondary N) is 1. The minimum Gasteiger partial charge on any atom is -0.478 e. The maximum atomic E-state index is 11.5. The van der Waals surface area contributed by atoms with Gasteiger partial charge in [0.1, 0.15) is 0 Å². The molecule has 0 unspecified atom stereocenters. The second kappa shape index (κ2) is 5.35. The van der Waals surface area contributed by atoms with Crippen molar-refractivity contribution in [1.82, 2.24) is 0 Å². The summed E-state index contributed by atoms with van der Waals surface area (Å²) in [4.78, 5) is 22.8. The second-order valence-electron chi connectivity index (χ2n) is 4.08. The zero-order valence-corrected chi connectivity index (χ0v) is 10.4. The molecule has 0 heterocycles. The van der Waals surface area contributed by atoms with Crippen molar-refractivity contribution < 1.29 is 14.7 Å². The Hall–Kier alpha value is -2.62. The topological polar surface area (TPSA) is 66.4 Å². The summed E-state index contributed by atoms with van der Waals surface area (Å²) in [5, 5.41) is 12.3. The summed E-state index contributed by atoms with van der Waals surface area (Å²) in [6, 6.07) is 14.0. The maximum absolute atomic E-state index is 11.5. The smallest absolute Gasteiger partial charge is 0.338 e. The van der Waals surface area contributed by atoms with Gasteiger partial charge in [0.2, 0.25) is 0 Å². The summed E-state index contributed by atoms with van der Waals surface area (Å²) in [5.74, 6) is -1.39. The van der Waals surface area contributed by atoms with Crippen LogP contribution in [-0.4, -0.2) is 16.9 Å². The van der Waals surface area contributed by atoms with Crippen LogP contribution in [0.2, 0.25) is 0 Å². The molecule has 0 fully saturated rings. The number of rotatable bonds is 4. The molecule has 2 aromatic carbocycles. The van der Waals surface area contributed by atoms with E-state index in [1.165, 1.54) is 13.0 Å². The highest BCUT2D eigenvalue weighted by Crippen LogP contribution is 2.24. The fraction of sp³-hybridized carbons (Fsp3) is 0.0667. The van der Waals surface area contributed by atoms with Crippen LogP contribution in [0.4, 0.5) is 11.4 Å². The molecule has 96 valence electrons. The van der Waals surface area contributed by atoms with Gasteiger partial charge in [0.15, 0.2) is 5.78 Å². The Bertz CT molecular complexity index is 621. The number of para-hydroxylation sites is 1. The molecule has 0 aliphatic heterocycles. The van der Waals surface area contributed by atoms with Gasteiger partial charge in [-0.15, -0.1) is 0 Å². The molecule has 0 aromatic heterocycles. The Kier molecular flexibility index (Phi) is 3.61. The van der Waals surface area contributed by atoms with E-state index in [0.717, 1.165) is 5.69 Å². The molecule has 0 bridgehead atoms. The van der Waals surface area contributed by atoms with Crippen LogP contribution in [0, 0.1) is 0 Å². The van der Waals surface area contributed by atoms with E-state index >= 15 is 0 Å². The molecule has 0 saturated heterocycles. The van der Waals surface area contributed by atoms with E-state index in [1.54, 1.807) is 12.1 Å². The summed E-state index contributed by atoms with van der Waals surface area (Å²) in [6.07, 6.45) is 0. The number of ketones is 1. The lowest BCUT2D eigenvalue weighted by Crippen LogP contribution is -2.09. The van der Waals surface area contributed by atoms with E-state index in [0.29, 0.717) is 5.69 Å². The highest BCUT2D eigenvalue weighted by molar-refractivity contribution is 6.08. The van der Waals surface area contributed by atoms with Crippen LogP contribution in [0.25, 0.3) is 0 Å². The van der Waals surface area contributed by atoms with Crippen LogP contribution in [-0.2, 0) is 0 Å². The zero-order chi connectivity index (χ0) is 13.8. The van der Waals surface area contributed by atoms with Gasteiger partial charge < -0.3 is 10.4 Å². The lowest BCUT2D eigenvalue weighted by atomic mass is 10.0. The van der Waals surface area contributed by atoms with Crippen molar-refractivity contribution in [3.8, 4) is 0 Å². The summed E-state index contributed by atoms with van der Waals surface area (Å²) >= 11 is 0. The van der Waals surface area contributed by atoms with Crippen LogP contribution >= 0.6 is 0 Å². The molecule has 2 N–H and O–H groups in total. The van der Waals surface area contributed by atoms with E-state index in [1.807, 2.05) is 30.3 Å². The van der Waals surface area contributed by atoms with E-state index in [9.17, 15) is 14.7 Å². The SMILES string of the molecule is CC(=O)c1cccc(Nc2ccccc2)c1C(=O)O. The first-order valence-corrected chi connectivity index (χ1v) is 5.79. The number of carbonyl (C=O) groups is 2. The Morgan fingerprint density at radius 1 is 1.00 bits per heavy atom. The van der Waals surface area contributed by atoms with Gasteiger partial charge in [-0.3, -0.25) is 4.79 Å². The molecule has 0 spiro atoms. The predicted molar refractivity (Wildman–Crippen MR) is 73.1 cm³/mol. The summed E-state index contributed by atoms with van der Waals surface area (Å²) < 4.78 is 0. The van der Waals surface area contributed by atoms with Crippen molar-refractivity contribution in [2.24, 2.45) is 0 Å². The first-order valence-electron chi connectivity index (χ1n) is 5.79. The van der Waals surface area contributed by atoms with Gasteiger partial charge in [0, 0.05) is 11.3 Å². The third kappa shape index (κ3) is 2.80. The number of hydrogen-bond acceptors (Lipinski definition) is 3. The van der Waals surface area contributed by atoms with Crippen LogP contribution in [0.1, 0.15) is 27.6 Å². The molecule has 0 aliphatic rings. The Balaban J connectivity index is 2.48. The van der Waals surface area contributed by atoms with E-state index < -0.39 is 5.97 Å². The van der Waals surface area contributed by atoms with E-state index in [-0.39, 0.29) is 16.9 Å². The highest BCUT2D eigenvalue weighted by atomic mass is 16.4. The number of carbonyl (C=O) groups excluding carboxylic acids is 1. The molecule has 2 aromatic rings. The molecule has 19 heavy (non-hydrogen) atoms. The lowest BCUT2D eigenvalue weighted by Gasteiger charge is -2.12. The zero-order valence-electron chi connectivity index (χ0n) is 10.4. The first-order chi connectivity index (χ1) is 9.09. The fourth-order valence-electron chi connectivity index (χ4n) is 1.86. The average Bonchev–Trinajstić information content (AvgIpc) is 2.39. The molecule has 0 aliphatic carbocycles. The lowest BCUT2D eigenvalue weighted by molar-refractivity contribution is 0.0693. The first kappa shape index (κ1) is 12.8. The summed E-state index contributed by atoms with van der Waals surface area (Å²) in [5.41, 5.74) is 1.38. The van der Waals surface area contributed by atoms with E-state index in [2.05, 4.69) is 5.32 Å². The van der Waals surface area contributed by atoms with Crippen molar-refractivity contribution in [1.29, 1.82) is 0 Å². The third-order valence-corrected chi connectivity index (χ3v) is 2.71. The molecule has 0 amide bonds. The van der Waals surface area contributed by atoms with Gasteiger partial charge >= 0.3 is 5.97 Å². The van der Waals surface area contributed by atoms with Gasteiger partial charge in [-0.25, -0.2) is 4.79 Å². The number of benzene rings is 2. The minimum atomic E-state index is -1.12. The Labute approximate surface area is 110 Å². The number of anilines is 2. The van der Waals surface area contributed by atoms with Gasteiger partial charge in [0.25, 0.3) is 0 Å². The molecular formula is C15H13NO3. The van der Waals surface area contributed by atoms with Crippen LogP contribution in [0.15, 0.2) is 48.5 Å². The Morgan fingerprint density at radius 2 is 1.68 bits per heavy atom. The molecule has 0 atom stereocenters. The standard InChI is InChI=1S/C15H13NO3/c1-10(17)12-8-5-9-13(14(12)15(18)19)16-11-6-3-2-4-7-11/h2-9,16H,1H3,(H,18,19). The molecule has 4 nitrogen and oxygen atoms in total. The third-order valence-electron chi connectivity index (χ3n) is 2.71. The van der Waals surface area contributed by atoms with Gasteiger partial charge in [-0.05, 0) is 25.1 Å². The minimum absolute atomic E-state index is 0.00106. The molecule has 4 heteroatoms. The predicted octanol–water partition coefficient (Wildman–Crippen LogP) is 3.33. The van der Waals surface area contributed by atoms with Gasteiger partial charge in [-0.1, -0.05) is 30.3 Å². The van der Waals surface area contributed by atoms with E-state index in [4.69, 9.17) is 0 Å². The number of carboxylic acids is 1. The molecule has 0 saturated carbocycles. The molecule has 2 rings (SSSR count).